The van der Waals surface area contributed by atoms with Gasteiger partial charge in [0.15, 0.2) is 0 Å². The van der Waals surface area contributed by atoms with E-state index in [9.17, 15) is 0 Å². The van der Waals surface area contributed by atoms with Crippen LogP contribution in [-0.4, -0.2) is 9.55 Å². The molecule has 0 saturated carbocycles. The summed E-state index contributed by atoms with van der Waals surface area (Å²) in [6, 6.07) is 8.71. The molecule has 0 radical (unpaired) electrons. The Bertz CT molecular complexity index is 552. The van der Waals surface area contributed by atoms with Gasteiger partial charge in [-0.3, -0.25) is 0 Å². The van der Waals surface area contributed by atoms with Crippen molar-refractivity contribution in [1.29, 1.82) is 0 Å². The standard InChI is InChI=1S/C18H27N3/c1-5-6-7-16-8-10-17(11-9-16)20-18-19-15(4)13-21(18)12-14(2)3/h8-11,13-14H,5-7,12H2,1-4H3,(H,19,20). The van der Waals surface area contributed by atoms with Gasteiger partial charge in [0.05, 0.1) is 5.69 Å². The number of unbranched alkanes of at least 4 members (excludes halogenated alkanes) is 1. The highest BCUT2D eigenvalue weighted by atomic mass is 15.2. The van der Waals surface area contributed by atoms with Crippen LogP contribution in [0.2, 0.25) is 0 Å². The van der Waals surface area contributed by atoms with Crippen molar-refractivity contribution in [2.45, 2.75) is 53.5 Å². The van der Waals surface area contributed by atoms with Crippen molar-refractivity contribution >= 4 is 11.6 Å². The zero-order valence-corrected chi connectivity index (χ0v) is 13.7. The number of imidazole rings is 1. The molecular formula is C18H27N3. The second-order valence-corrected chi connectivity index (χ2v) is 6.18. The van der Waals surface area contributed by atoms with Crippen LogP contribution in [0.5, 0.6) is 0 Å². The molecule has 0 fully saturated rings. The lowest BCUT2D eigenvalue weighted by Gasteiger charge is -2.12. The molecule has 1 N–H and O–H groups in total. The van der Waals surface area contributed by atoms with Crippen molar-refractivity contribution in [3.05, 3.63) is 41.7 Å². The average Bonchev–Trinajstić information content (AvgIpc) is 2.77. The van der Waals surface area contributed by atoms with Gasteiger partial charge in [0.25, 0.3) is 0 Å². The van der Waals surface area contributed by atoms with Crippen LogP contribution in [0.3, 0.4) is 0 Å². The van der Waals surface area contributed by atoms with E-state index >= 15 is 0 Å². The maximum Gasteiger partial charge on any atom is 0.207 e. The Hall–Kier alpha value is -1.77. The van der Waals surface area contributed by atoms with E-state index in [2.05, 4.69) is 66.1 Å². The summed E-state index contributed by atoms with van der Waals surface area (Å²) in [6.45, 7) is 9.70. The van der Waals surface area contributed by atoms with Crippen LogP contribution in [0.25, 0.3) is 0 Å². The van der Waals surface area contributed by atoms with Gasteiger partial charge >= 0.3 is 0 Å². The first-order valence-electron chi connectivity index (χ1n) is 7.98. The molecular weight excluding hydrogens is 258 g/mol. The molecule has 0 amide bonds. The van der Waals surface area contributed by atoms with Gasteiger partial charge in [-0.1, -0.05) is 39.3 Å². The average molecular weight is 285 g/mol. The third-order valence-electron chi connectivity index (χ3n) is 3.49. The van der Waals surface area contributed by atoms with E-state index in [0.717, 1.165) is 30.3 Å². The summed E-state index contributed by atoms with van der Waals surface area (Å²) < 4.78 is 2.20. The fraction of sp³-hybridized carbons (Fsp3) is 0.500. The minimum atomic E-state index is 0.607. The minimum Gasteiger partial charge on any atom is -0.326 e. The number of hydrogen-bond acceptors (Lipinski definition) is 2. The highest BCUT2D eigenvalue weighted by Crippen LogP contribution is 2.19. The molecule has 3 heteroatoms. The molecule has 0 aliphatic heterocycles. The van der Waals surface area contributed by atoms with Crippen molar-refractivity contribution in [1.82, 2.24) is 9.55 Å². The summed E-state index contributed by atoms with van der Waals surface area (Å²) in [7, 11) is 0. The number of hydrogen-bond donors (Lipinski definition) is 1. The predicted octanol–water partition coefficient (Wildman–Crippen LogP) is 4.93. The molecule has 114 valence electrons. The second-order valence-electron chi connectivity index (χ2n) is 6.18. The molecule has 0 bridgehead atoms. The summed E-state index contributed by atoms with van der Waals surface area (Å²) in [5.74, 6) is 1.54. The van der Waals surface area contributed by atoms with Crippen molar-refractivity contribution in [3.8, 4) is 0 Å². The quantitative estimate of drug-likeness (QED) is 0.781. The lowest BCUT2D eigenvalue weighted by atomic mass is 10.1. The Morgan fingerprint density at radius 3 is 2.52 bits per heavy atom. The molecule has 0 saturated heterocycles. The highest BCUT2D eigenvalue weighted by Gasteiger charge is 2.07. The molecule has 1 aromatic carbocycles. The fourth-order valence-corrected chi connectivity index (χ4v) is 2.44. The molecule has 0 spiro atoms. The first-order valence-corrected chi connectivity index (χ1v) is 7.98. The van der Waals surface area contributed by atoms with Crippen molar-refractivity contribution < 1.29 is 0 Å². The predicted molar refractivity (Wildman–Crippen MR) is 90.1 cm³/mol. The maximum atomic E-state index is 4.58. The first kappa shape index (κ1) is 15.6. The van der Waals surface area contributed by atoms with Crippen molar-refractivity contribution in [2.24, 2.45) is 5.92 Å². The van der Waals surface area contributed by atoms with Gasteiger partial charge in [0.1, 0.15) is 0 Å². The SMILES string of the molecule is CCCCc1ccc(Nc2nc(C)cn2CC(C)C)cc1. The smallest absolute Gasteiger partial charge is 0.207 e. The van der Waals surface area contributed by atoms with Crippen LogP contribution < -0.4 is 5.32 Å². The monoisotopic (exact) mass is 285 g/mol. The number of rotatable bonds is 7. The Morgan fingerprint density at radius 2 is 1.90 bits per heavy atom. The minimum absolute atomic E-state index is 0.607. The van der Waals surface area contributed by atoms with Crippen molar-refractivity contribution in [2.75, 3.05) is 5.32 Å². The second kappa shape index (κ2) is 7.30. The Labute approximate surface area is 128 Å². The summed E-state index contributed by atoms with van der Waals surface area (Å²) in [5.41, 5.74) is 3.56. The van der Waals surface area contributed by atoms with Gasteiger partial charge in [0.2, 0.25) is 5.95 Å². The summed E-state index contributed by atoms with van der Waals surface area (Å²) >= 11 is 0. The van der Waals surface area contributed by atoms with E-state index in [1.54, 1.807) is 0 Å². The van der Waals surface area contributed by atoms with Crippen LogP contribution in [-0.2, 0) is 13.0 Å². The summed E-state index contributed by atoms with van der Waals surface area (Å²) in [4.78, 5) is 4.58. The van der Waals surface area contributed by atoms with E-state index in [-0.39, 0.29) is 0 Å². The van der Waals surface area contributed by atoms with E-state index in [0.29, 0.717) is 5.92 Å². The molecule has 1 heterocycles. The lowest BCUT2D eigenvalue weighted by Crippen LogP contribution is -2.07. The molecule has 2 rings (SSSR count). The largest absolute Gasteiger partial charge is 0.326 e. The van der Waals surface area contributed by atoms with E-state index in [4.69, 9.17) is 0 Å². The highest BCUT2D eigenvalue weighted by molar-refractivity contribution is 5.54. The topological polar surface area (TPSA) is 29.9 Å². The van der Waals surface area contributed by atoms with Crippen molar-refractivity contribution in [3.63, 3.8) is 0 Å². The Morgan fingerprint density at radius 1 is 1.19 bits per heavy atom. The summed E-state index contributed by atoms with van der Waals surface area (Å²) in [6.07, 6.45) is 5.77. The number of anilines is 2. The molecule has 0 aliphatic carbocycles. The van der Waals surface area contributed by atoms with Gasteiger partial charge in [-0.15, -0.1) is 0 Å². The van der Waals surface area contributed by atoms with Gasteiger partial charge < -0.3 is 9.88 Å². The maximum absolute atomic E-state index is 4.58. The molecule has 0 unspecified atom stereocenters. The first-order chi connectivity index (χ1) is 10.1. The Balaban J connectivity index is 2.07. The normalized spacial score (nSPS) is 11.1. The molecule has 1 aromatic heterocycles. The number of nitrogens with one attached hydrogen (secondary N) is 1. The number of aromatic nitrogens is 2. The summed E-state index contributed by atoms with van der Waals surface area (Å²) in [5, 5.41) is 3.43. The Kier molecular flexibility index (Phi) is 5.43. The van der Waals surface area contributed by atoms with Gasteiger partial charge in [0, 0.05) is 18.4 Å². The molecule has 0 aliphatic rings. The van der Waals surface area contributed by atoms with Gasteiger partial charge in [-0.25, -0.2) is 4.98 Å². The van der Waals surface area contributed by atoms with Crippen LogP contribution in [0.15, 0.2) is 30.5 Å². The van der Waals surface area contributed by atoms with Crippen LogP contribution in [0, 0.1) is 12.8 Å². The molecule has 3 nitrogen and oxygen atoms in total. The van der Waals surface area contributed by atoms with E-state index in [1.165, 1.54) is 18.4 Å². The van der Waals surface area contributed by atoms with Gasteiger partial charge in [-0.2, -0.15) is 0 Å². The lowest BCUT2D eigenvalue weighted by molar-refractivity contribution is 0.527. The van der Waals surface area contributed by atoms with Crippen LogP contribution in [0.1, 0.15) is 44.9 Å². The van der Waals surface area contributed by atoms with E-state index < -0.39 is 0 Å². The zero-order chi connectivity index (χ0) is 15.2. The van der Waals surface area contributed by atoms with Crippen LogP contribution in [0.4, 0.5) is 11.6 Å². The third kappa shape index (κ3) is 4.62. The van der Waals surface area contributed by atoms with E-state index in [1.807, 2.05) is 6.92 Å². The zero-order valence-electron chi connectivity index (χ0n) is 13.7. The molecule has 0 atom stereocenters. The number of benzene rings is 1. The number of aryl methyl sites for hydroxylation is 2. The fourth-order valence-electron chi connectivity index (χ4n) is 2.44. The molecule has 2 aromatic rings. The van der Waals surface area contributed by atoms with Crippen LogP contribution >= 0.6 is 0 Å². The van der Waals surface area contributed by atoms with Gasteiger partial charge in [-0.05, 0) is 43.4 Å². The molecule has 21 heavy (non-hydrogen) atoms. The third-order valence-corrected chi connectivity index (χ3v) is 3.49. The number of nitrogens with zero attached hydrogens (tertiary/aromatic N) is 2.